The van der Waals surface area contributed by atoms with Gasteiger partial charge in [-0.15, -0.1) is 0 Å². The molecule has 0 saturated carbocycles. The molecule has 0 bridgehead atoms. The molecular weight excluding hydrogens is 343 g/mol. The van der Waals surface area contributed by atoms with Gasteiger partial charge < -0.3 is 0 Å². The molecule has 0 aliphatic rings. The number of fused-ring (bicyclic) bond motifs is 1. The van der Waals surface area contributed by atoms with Crippen LogP contribution < -0.4 is 0 Å². The first-order valence-electron chi connectivity index (χ1n) is 6.20. The van der Waals surface area contributed by atoms with Gasteiger partial charge in [0.25, 0.3) is 0 Å². The van der Waals surface area contributed by atoms with Crippen LogP contribution in [0.4, 0.5) is 13.2 Å². The molecule has 0 saturated heterocycles. The highest BCUT2D eigenvalue weighted by molar-refractivity contribution is 9.10. The van der Waals surface area contributed by atoms with E-state index in [-0.39, 0.29) is 12.2 Å². The maximum absolute atomic E-state index is 13.9. The highest BCUT2D eigenvalue weighted by atomic mass is 79.9. The lowest BCUT2D eigenvalue weighted by Crippen LogP contribution is -1.95. The van der Waals surface area contributed by atoms with Crippen molar-refractivity contribution in [3.05, 3.63) is 75.8 Å². The number of nitrogens with zero attached hydrogens (tertiary/aromatic N) is 1. The molecule has 3 aromatic rings. The first kappa shape index (κ1) is 14.1. The van der Waals surface area contributed by atoms with E-state index in [4.69, 9.17) is 0 Å². The summed E-state index contributed by atoms with van der Waals surface area (Å²) in [6.45, 7) is 0. The summed E-state index contributed by atoms with van der Waals surface area (Å²) >= 11 is 3.22. The van der Waals surface area contributed by atoms with Crippen LogP contribution in [0.2, 0.25) is 0 Å². The number of aromatic nitrogens is 1. The van der Waals surface area contributed by atoms with Gasteiger partial charge in [0.2, 0.25) is 0 Å². The molecule has 0 aliphatic carbocycles. The van der Waals surface area contributed by atoms with Crippen molar-refractivity contribution in [3.63, 3.8) is 0 Å². The van der Waals surface area contributed by atoms with E-state index < -0.39 is 11.6 Å². The van der Waals surface area contributed by atoms with Gasteiger partial charge in [-0.1, -0.05) is 15.9 Å². The zero-order valence-electron chi connectivity index (χ0n) is 10.7. The fraction of sp³-hybridized carbons (Fsp3) is 0.0625. The van der Waals surface area contributed by atoms with Crippen LogP contribution in [0.25, 0.3) is 10.8 Å². The normalized spacial score (nSPS) is 11.0. The smallest absolute Gasteiger partial charge is 0.132 e. The molecule has 3 rings (SSSR count). The Morgan fingerprint density at radius 1 is 0.905 bits per heavy atom. The average molecular weight is 352 g/mol. The average Bonchev–Trinajstić information content (AvgIpc) is 2.38. The number of rotatable bonds is 2. The van der Waals surface area contributed by atoms with E-state index in [1.165, 1.54) is 18.2 Å². The maximum Gasteiger partial charge on any atom is 0.132 e. The molecule has 0 N–H and O–H groups in total. The molecule has 0 atom stereocenters. The molecule has 1 aromatic heterocycles. The van der Waals surface area contributed by atoms with Gasteiger partial charge in [-0.05, 0) is 35.9 Å². The van der Waals surface area contributed by atoms with Crippen LogP contribution in [0.15, 0.2) is 47.1 Å². The van der Waals surface area contributed by atoms with Crippen molar-refractivity contribution in [2.45, 2.75) is 6.42 Å². The summed E-state index contributed by atoms with van der Waals surface area (Å²) in [6.07, 6.45) is 1.79. The van der Waals surface area contributed by atoms with Crippen molar-refractivity contribution >= 4 is 26.7 Å². The molecule has 0 radical (unpaired) electrons. The van der Waals surface area contributed by atoms with Crippen LogP contribution in [0.3, 0.4) is 0 Å². The van der Waals surface area contributed by atoms with Crippen LogP contribution in [0, 0.1) is 17.5 Å². The highest BCUT2D eigenvalue weighted by Crippen LogP contribution is 2.24. The minimum Gasteiger partial charge on any atom is -0.260 e. The Kier molecular flexibility index (Phi) is 3.68. The molecule has 106 valence electrons. The van der Waals surface area contributed by atoms with E-state index in [1.807, 2.05) is 0 Å². The van der Waals surface area contributed by atoms with Gasteiger partial charge in [-0.2, -0.15) is 0 Å². The Balaban J connectivity index is 2.01. The summed E-state index contributed by atoms with van der Waals surface area (Å²) in [4.78, 5) is 4.21. The van der Waals surface area contributed by atoms with Crippen molar-refractivity contribution in [2.75, 3.05) is 0 Å². The summed E-state index contributed by atoms with van der Waals surface area (Å²) < 4.78 is 40.9. The van der Waals surface area contributed by atoms with E-state index >= 15 is 0 Å². The monoisotopic (exact) mass is 351 g/mol. The first-order valence-corrected chi connectivity index (χ1v) is 6.99. The largest absolute Gasteiger partial charge is 0.260 e. The topological polar surface area (TPSA) is 12.9 Å². The highest BCUT2D eigenvalue weighted by Gasteiger charge is 2.07. The van der Waals surface area contributed by atoms with Gasteiger partial charge >= 0.3 is 0 Å². The second-order valence-corrected chi connectivity index (χ2v) is 5.65. The Bertz CT molecular complexity index is 813. The van der Waals surface area contributed by atoms with Crippen molar-refractivity contribution in [3.8, 4) is 0 Å². The Morgan fingerprint density at radius 2 is 1.62 bits per heavy atom. The molecule has 0 spiro atoms. The fourth-order valence-electron chi connectivity index (χ4n) is 2.24. The predicted octanol–water partition coefficient (Wildman–Crippen LogP) is 5.01. The first-order chi connectivity index (χ1) is 10.0. The summed E-state index contributed by atoms with van der Waals surface area (Å²) in [6, 6.07) is 8.03. The fourth-order valence-corrected chi connectivity index (χ4v) is 2.69. The molecular formula is C16H9BrF3N. The second-order valence-electron chi connectivity index (χ2n) is 4.74. The third kappa shape index (κ3) is 3.08. The van der Waals surface area contributed by atoms with Gasteiger partial charge in [0, 0.05) is 39.6 Å². The summed E-state index contributed by atoms with van der Waals surface area (Å²) in [5, 5.41) is 1.09. The lowest BCUT2D eigenvalue weighted by atomic mass is 10.1. The predicted molar refractivity (Wildman–Crippen MR) is 78.6 cm³/mol. The molecule has 1 heterocycles. The number of hydrogen-bond acceptors (Lipinski definition) is 1. The molecule has 0 unspecified atom stereocenters. The van der Waals surface area contributed by atoms with Crippen molar-refractivity contribution in [1.82, 2.24) is 4.98 Å². The van der Waals surface area contributed by atoms with E-state index in [1.54, 1.807) is 18.3 Å². The molecule has 1 nitrogen and oxygen atoms in total. The molecule has 0 fully saturated rings. The Labute approximate surface area is 127 Å². The quantitative estimate of drug-likeness (QED) is 0.632. The van der Waals surface area contributed by atoms with Gasteiger partial charge in [0.05, 0.1) is 0 Å². The van der Waals surface area contributed by atoms with Crippen LogP contribution in [0.1, 0.15) is 11.3 Å². The minimum atomic E-state index is -0.638. The Hall–Kier alpha value is -1.88. The van der Waals surface area contributed by atoms with Gasteiger partial charge in [0.1, 0.15) is 17.5 Å². The van der Waals surface area contributed by atoms with Crippen molar-refractivity contribution < 1.29 is 13.2 Å². The van der Waals surface area contributed by atoms with Gasteiger partial charge in [0.15, 0.2) is 0 Å². The summed E-state index contributed by atoms with van der Waals surface area (Å²) in [7, 11) is 0. The number of halogens is 4. The second kappa shape index (κ2) is 5.48. The molecule has 2 aromatic carbocycles. The van der Waals surface area contributed by atoms with Crippen molar-refractivity contribution in [1.29, 1.82) is 0 Å². The zero-order valence-corrected chi connectivity index (χ0v) is 12.3. The number of benzene rings is 2. The standard InChI is InChI=1S/C16H9BrF3N/c17-11-4-10-8-21-14(7-15(10)16(20)5-11)3-9-1-12(18)6-13(19)2-9/h1-2,4-8H,3H2. The van der Waals surface area contributed by atoms with Crippen LogP contribution in [-0.2, 0) is 6.42 Å². The lowest BCUT2D eigenvalue weighted by Gasteiger charge is -2.05. The third-order valence-corrected chi connectivity index (χ3v) is 3.57. The third-order valence-electron chi connectivity index (χ3n) is 3.11. The van der Waals surface area contributed by atoms with Crippen LogP contribution in [0.5, 0.6) is 0 Å². The number of pyridine rings is 1. The van der Waals surface area contributed by atoms with Gasteiger partial charge in [-0.3, -0.25) is 4.98 Å². The summed E-state index contributed by atoms with van der Waals surface area (Å²) in [5.74, 6) is -1.64. The van der Waals surface area contributed by atoms with Gasteiger partial charge in [-0.25, -0.2) is 13.2 Å². The lowest BCUT2D eigenvalue weighted by molar-refractivity contribution is 0.580. The van der Waals surface area contributed by atoms with E-state index in [0.29, 0.717) is 26.5 Å². The minimum absolute atomic E-state index is 0.236. The molecule has 0 amide bonds. The summed E-state index contributed by atoms with van der Waals surface area (Å²) in [5.41, 5.74) is 1.01. The SMILES string of the molecule is Fc1cc(F)cc(Cc2cc3c(F)cc(Br)cc3cn2)c1. The molecule has 21 heavy (non-hydrogen) atoms. The van der Waals surface area contributed by atoms with Crippen LogP contribution in [-0.4, -0.2) is 4.98 Å². The Morgan fingerprint density at radius 3 is 2.33 bits per heavy atom. The molecule has 5 heteroatoms. The van der Waals surface area contributed by atoms with E-state index in [9.17, 15) is 13.2 Å². The van der Waals surface area contributed by atoms with E-state index in [0.717, 1.165) is 6.07 Å². The zero-order chi connectivity index (χ0) is 15.0. The van der Waals surface area contributed by atoms with Crippen molar-refractivity contribution in [2.24, 2.45) is 0 Å². The number of hydrogen-bond donors (Lipinski definition) is 0. The van der Waals surface area contributed by atoms with Crippen LogP contribution >= 0.6 is 15.9 Å². The van der Waals surface area contributed by atoms with E-state index in [2.05, 4.69) is 20.9 Å². The maximum atomic E-state index is 13.9. The molecule has 0 aliphatic heterocycles.